The molecular formula is C23H23FN2O4S. The topological polar surface area (TPSA) is 75.7 Å². The lowest BCUT2D eigenvalue weighted by Gasteiger charge is -2.20. The monoisotopic (exact) mass is 442 g/mol. The third-order valence-electron chi connectivity index (χ3n) is 4.56. The lowest BCUT2D eigenvalue weighted by atomic mass is 10.1. The van der Waals surface area contributed by atoms with Gasteiger partial charge in [0.15, 0.2) is 0 Å². The van der Waals surface area contributed by atoms with Crippen molar-refractivity contribution >= 4 is 21.6 Å². The highest BCUT2D eigenvalue weighted by Crippen LogP contribution is 2.22. The second-order valence-electron chi connectivity index (χ2n) is 7.00. The van der Waals surface area contributed by atoms with Crippen LogP contribution in [0.5, 0.6) is 5.75 Å². The third kappa shape index (κ3) is 5.82. The summed E-state index contributed by atoms with van der Waals surface area (Å²) in [5.74, 6) is -0.178. The Morgan fingerprint density at radius 1 is 1.03 bits per heavy atom. The lowest BCUT2D eigenvalue weighted by Crippen LogP contribution is -2.31. The second kappa shape index (κ2) is 9.61. The number of carbonyl (C=O) groups is 1. The van der Waals surface area contributed by atoms with Crippen LogP contribution in [0.15, 0.2) is 77.7 Å². The molecule has 0 bridgehead atoms. The number of anilines is 1. The fraction of sp³-hybridized carbons (Fsp3) is 0.174. The van der Waals surface area contributed by atoms with Crippen LogP contribution in [0.4, 0.5) is 10.1 Å². The van der Waals surface area contributed by atoms with Crippen molar-refractivity contribution in [1.29, 1.82) is 0 Å². The maximum absolute atomic E-state index is 13.1. The molecule has 0 spiro atoms. The summed E-state index contributed by atoms with van der Waals surface area (Å²) in [4.78, 5) is 14.3. The molecule has 0 fully saturated rings. The van der Waals surface area contributed by atoms with Crippen LogP contribution in [-0.4, -0.2) is 39.4 Å². The van der Waals surface area contributed by atoms with Gasteiger partial charge in [0.2, 0.25) is 0 Å². The Kier molecular flexibility index (Phi) is 6.91. The number of nitrogens with zero attached hydrogens (tertiary/aromatic N) is 1. The van der Waals surface area contributed by atoms with Gasteiger partial charge in [-0.1, -0.05) is 24.3 Å². The maximum Gasteiger partial charge on any atom is 0.261 e. The van der Waals surface area contributed by atoms with E-state index in [4.69, 9.17) is 4.74 Å². The summed E-state index contributed by atoms with van der Waals surface area (Å²) in [5, 5.41) is 0. The summed E-state index contributed by atoms with van der Waals surface area (Å²) in [6.45, 7) is 2.56. The van der Waals surface area contributed by atoms with E-state index >= 15 is 0 Å². The highest BCUT2D eigenvalue weighted by atomic mass is 32.2. The molecule has 8 heteroatoms. The number of ether oxygens (including phenoxy) is 1. The van der Waals surface area contributed by atoms with Gasteiger partial charge in [-0.05, 0) is 61.0 Å². The Balaban J connectivity index is 1.69. The van der Waals surface area contributed by atoms with Crippen LogP contribution in [0.1, 0.15) is 15.9 Å². The number of nitrogens with one attached hydrogen (secondary N) is 1. The highest BCUT2D eigenvalue weighted by molar-refractivity contribution is 7.92. The maximum atomic E-state index is 13.1. The van der Waals surface area contributed by atoms with E-state index in [-0.39, 0.29) is 28.7 Å². The van der Waals surface area contributed by atoms with Crippen molar-refractivity contribution in [2.45, 2.75) is 11.8 Å². The molecular weight excluding hydrogens is 419 g/mol. The van der Waals surface area contributed by atoms with E-state index in [2.05, 4.69) is 4.72 Å². The zero-order valence-corrected chi connectivity index (χ0v) is 18.0. The fourth-order valence-corrected chi connectivity index (χ4v) is 3.97. The molecule has 0 aliphatic carbocycles. The molecule has 0 radical (unpaired) electrons. The van der Waals surface area contributed by atoms with Crippen molar-refractivity contribution < 1.29 is 22.3 Å². The molecule has 3 aromatic rings. The number of rotatable bonds is 8. The Morgan fingerprint density at radius 3 is 2.45 bits per heavy atom. The average molecular weight is 443 g/mol. The molecule has 1 amide bonds. The SMILES string of the molecule is Cc1cccc(OCCN(C)C(=O)c2ccccc2NS(=O)(=O)c2ccc(F)cc2)c1. The predicted molar refractivity (Wildman–Crippen MR) is 117 cm³/mol. The molecule has 1 N–H and O–H groups in total. The number of sulfonamides is 1. The second-order valence-corrected chi connectivity index (χ2v) is 8.68. The normalized spacial score (nSPS) is 11.1. The smallest absolute Gasteiger partial charge is 0.261 e. The van der Waals surface area contributed by atoms with E-state index in [0.717, 1.165) is 29.8 Å². The van der Waals surface area contributed by atoms with Gasteiger partial charge in [0.1, 0.15) is 18.2 Å². The number of hydrogen-bond donors (Lipinski definition) is 1. The largest absolute Gasteiger partial charge is 0.492 e. The van der Waals surface area contributed by atoms with Crippen molar-refractivity contribution in [2.24, 2.45) is 0 Å². The van der Waals surface area contributed by atoms with Crippen molar-refractivity contribution in [3.05, 3.63) is 89.7 Å². The minimum atomic E-state index is -3.98. The van der Waals surface area contributed by atoms with E-state index in [9.17, 15) is 17.6 Å². The van der Waals surface area contributed by atoms with Crippen molar-refractivity contribution in [1.82, 2.24) is 4.90 Å². The van der Waals surface area contributed by atoms with Gasteiger partial charge in [0, 0.05) is 7.05 Å². The Bertz CT molecular complexity index is 1160. The summed E-state index contributed by atoms with van der Waals surface area (Å²) in [7, 11) is -2.36. The highest BCUT2D eigenvalue weighted by Gasteiger charge is 2.20. The van der Waals surface area contributed by atoms with Gasteiger partial charge in [-0.15, -0.1) is 0 Å². The number of carbonyl (C=O) groups excluding carboxylic acids is 1. The first kappa shape index (κ1) is 22.3. The first-order valence-electron chi connectivity index (χ1n) is 9.58. The molecule has 0 aliphatic rings. The Labute approximate surface area is 181 Å². The molecule has 6 nitrogen and oxygen atoms in total. The molecule has 0 saturated carbocycles. The summed E-state index contributed by atoms with van der Waals surface area (Å²) in [6, 6.07) is 18.4. The Hall–Kier alpha value is -3.39. The fourth-order valence-electron chi connectivity index (χ4n) is 2.89. The number of likely N-dealkylation sites (N-methyl/N-ethyl adjacent to an activating group) is 1. The number of amides is 1. The third-order valence-corrected chi connectivity index (χ3v) is 5.94. The van der Waals surface area contributed by atoms with Crippen molar-refractivity contribution in [3.8, 4) is 5.75 Å². The van der Waals surface area contributed by atoms with Crippen molar-refractivity contribution in [2.75, 3.05) is 24.9 Å². The number of para-hydroxylation sites is 1. The van der Waals surface area contributed by atoms with Gasteiger partial charge in [0.05, 0.1) is 22.7 Å². The van der Waals surface area contributed by atoms with Crippen LogP contribution in [0.3, 0.4) is 0 Å². The van der Waals surface area contributed by atoms with Crippen molar-refractivity contribution in [3.63, 3.8) is 0 Å². The average Bonchev–Trinajstić information content (AvgIpc) is 2.73. The lowest BCUT2D eigenvalue weighted by molar-refractivity contribution is 0.0775. The van der Waals surface area contributed by atoms with Crippen LogP contribution in [0, 0.1) is 12.7 Å². The number of halogens is 1. The van der Waals surface area contributed by atoms with E-state index in [0.29, 0.717) is 12.3 Å². The van der Waals surface area contributed by atoms with Gasteiger partial charge in [0.25, 0.3) is 15.9 Å². The van der Waals surface area contributed by atoms with Gasteiger partial charge >= 0.3 is 0 Å². The standard InChI is InChI=1S/C23H23FN2O4S/c1-17-6-5-7-19(16-17)30-15-14-26(2)23(27)21-8-3-4-9-22(21)25-31(28,29)20-12-10-18(24)11-13-20/h3-13,16,25H,14-15H2,1-2H3. The number of hydrogen-bond acceptors (Lipinski definition) is 4. The molecule has 0 unspecified atom stereocenters. The summed E-state index contributed by atoms with van der Waals surface area (Å²) >= 11 is 0. The van der Waals surface area contributed by atoms with Gasteiger partial charge in [-0.25, -0.2) is 12.8 Å². The number of benzene rings is 3. The zero-order valence-electron chi connectivity index (χ0n) is 17.2. The molecule has 0 saturated heterocycles. The van der Waals surface area contributed by atoms with E-state index in [1.54, 1.807) is 25.2 Å². The van der Waals surface area contributed by atoms with Gasteiger partial charge < -0.3 is 9.64 Å². The van der Waals surface area contributed by atoms with Crippen LogP contribution in [0.2, 0.25) is 0 Å². The van der Waals surface area contributed by atoms with Gasteiger partial charge in [-0.2, -0.15) is 0 Å². The minimum absolute atomic E-state index is 0.101. The van der Waals surface area contributed by atoms with Crippen LogP contribution >= 0.6 is 0 Å². The van der Waals surface area contributed by atoms with Crippen LogP contribution < -0.4 is 9.46 Å². The van der Waals surface area contributed by atoms with E-state index in [1.165, 1.54) is 11.0 Å². The summed E-state index contributed by atoms with van der Waals surface area (Å²) < 4.78 is 46.5. The van der Waals surface area contributed by atoms with E-state index in [1.807, 2.05) is 31.2 Å². The molecule has 0 aromatic heterocycles. The summed E-state index contributed by atoms with van der Waals surface area (Å²) in [6.07, 6.45) is 0. The van der Waals surface area contributed by atoms with E-state index < -0.39 is 15.8 Å². The first-order chi connectivity index (χ1) is 14.8. The molecule has 162 valence electrons. The Morgan fingerprint density at radius 2 is 1.74 bits per heavy atom. The molecule has 3 aromatic carbocycles. The minimum Gasteiger partial charge on any atom is -0.492 e. The predicted octanol–water partition coefficient (Wildman–Crippen LogP) is 4.09. The molecule has 0 aliphatic heterocycles. The molecule has 31 heavy (non-hydrogen) atoms. The zero-order chi connectivity index (χ0) is 22.4. The van der Waals surface area contributed by atoms with Gasteiger partial charge in [-0.3, -0.25) is 9.52 Å². The quantitative estimate of drug-likeness (QED) is 0.570. The van der Waals surface area contributed by atoms with Crippen LogP contribution in [-0.2, 0) is 10.0 Å². The molecule has 0 atom stereocenters. The first-order valence-corrected chi connectivity index (χ1v) is 11.1. The number of aryl methyl sites for hydroxylation is 1. The molecule has 0 heterocycles. The molecule has 3 rings (SSSR count). The summed E-state index contributed by atoms with van der Waals surface area (Å²) in [5.41, 5.74) is 1.42. The van der Waals surface area contributed by atoms with Crippen LogP contribution in [0.25, 0.3) is 0 Å².